The molecule has 0 aliphatic carbocycles. The van der Waals surface area contributed by atoms with Crippen LogP contribution in [0.3, 0.4) is 0 Å². The molecule has 0 spiro atoms. The van der Waals surface area contributed by atoms with Crippen molar-refractivity contribution in [3.63, 3.8) is 0 Å². The second-order valence-corrected chi connectivity index (χ2v) is 3.24. The first-order chi connectivity index (χ1) is 8.16. The number of methoxy groups -OCH3 is 1. The van der Waals surface area contributed by atoms with Gasteiger partial charge in [-0.1, -0.05) is 0 Å². The fraction of sp³-hybridized carbons (Fsp3) is 0.400. The third-order valence-corrected chi connectivity index (χ3v) is 1.90. The number of rotatable bonds is 4. The van der Waals surface area contributed by atoms with Gasteiger partial charge in [0.2, 0.25) is 0 Å². The predicted octanol–water partition coefficient (Wildman–Crippen LogP) is 3.57. The zero-order chi connectivity index (χ0) is 14.0. The van der Waals surface area contributed by atoms with Gasteiger partial charge in [-0.2, -0.15) is 22.0 Å². The highest BCUT2D eigenvalue weighted by Crippen LogP contribution is 2.36. The summed E-state index contributed by atoms with van der Waals surface area (Å²) in [5.41, 5.74) is 0. The second kappa shape index (κ2) is 4.95. The molecule has 18 heavy (non-hydrogen) atoms. The molecule has 0 N–H and O–H groups in total. The Bertz CT molecular complexity index is 386. The molecule has 0 bridgehead atoms. The van der Waals surface area contributed by atoms with E-state index in [0.29, 0.717) is 5.75 Å². The van der Waals surface area contributed by atoms with Crippen molar-refractivity contribution < 1.29 is 35.8 Å². The molecule has 8 heteroatoms. The molecule has 0 radical (unpaired) electrons. The minimum atomic E-state index is -5.70. The molecule has 1 unspecified atom stereocenters. The van der Waals surface area contributed by atoms with E-state index in [1.54, 1.807) is 0 Å². The zero-order valence-electron chi connectivity index (χ0n) is 8.97. The van der Waals surface area contributed by atoms with Crippen LogP contribution in [0.15, 0.2) is 24.3 Å². The summed E-state index contributed by atoms with van der Waals surface area (Å²) in [5.74, 6) is -0.314. The van der Waals surface area contributed by atoms with Gasteiger partial charge in [0.1, 0.15) is 11.5 Å². The Labute approximate surface area is 98.1 Å². The van der Waals surface area contributed by atoms with E-state index in [2.05, 4.69) is 4.74 Å². The summed E-state index contributed by atoms with van der Waals surface area (Å²) < 4.78 is 82.0. The van der Waals surface area contributed by atoms with Gasteiger partial charge in [0.15, 0.2) is 0 Å². The molecule has 2 nitrogen and oxygen atoms in total. The van der Waals surface area contributed by atoms with Crippen molar-refractivity contribution in [2.24, 2.45) is 0 Å². The van der Waals surface area contributed by atoms with Crippen molar-refractivity contribution in [1.29, 1.82) is 0 Å². The lowest BCUT2D eigenvalue weighted by Crippen LogP contribution is -2.45. The summed E-state index contributed by atoms with van der Waals surface area (Å²) in [7, 11) is 1.31. The Morgan fingerprint density at radius 2 is 1.39 bits per heavy atom. The quantitative estimate of drug-likeness (QED) is 0.781. The fourth-order valence-electron chi connectivity index (χ4n) is 1.04. The Kier molecular flexibility index (Phi) is 3.98. The normalized spacial score (nSPS) is 14.2. The van der Waals surface area contributed by atoms with Gasteiger partial charge < -0.3 is 9.47 Å². The molecule has 0 saturated carbocycles. The Hall–Kier alpha value is -1.60. The molecular formula is C10H8F6O2. The van der Waals surface area contributed by atoms with Gasteiger partial charge in [-0.15, -0.1) is 0 Å². The van der Waals surface area contributed by atoms with E-state index in [-0.39, 0.29) is 0 Å². The smallest absolute Gasteiger partial charge is 0.439 e. The molecule has 1 rings (SSSR count). The number of benzene rings is 1. The van der Waals surface area contributed by atoms with Crippen molar-refractivity contribution in [3.05, 3.63) is 24.3 Å². The average molecular weight is 274 g/mol. The van der Waals surface area contributed by atoms with Crippen LogP contribution in [0.2, 0.25) is 0 Å². The van der Waals surface area contributed by atoms with E-state index in [9.17, 15) is 26.3 Å². The van der Waals surface area contributed by atoms with E-state index in [1.165, 1.54) is 19.2 Å². The zero-order valence-corrected chi connectivity index (χ0v) is 8.97. The third kappa shape index (κ3) is 3.44. The first kappa shape index (κ1) is 14.5. The van der Waals surface area contributed by atoms with Crippen LogP contribution in [0.1, 0.15) is 0 Å². The summed E-state index contributed by atoms with van der Waals surface area (Å²) in [5, 5.41) is 0. The van der Waals surface area contributed by atoms with Gasteiger partial charge in [0.25, 0.3) is 6.17 Å². The lowest BCUT2D eigenvalue weighted by Gasteiger charge is -2.23. The van der Waals surface area contributed by atoms with E-state index in [1.807, 2.05) is 0 Å². The number of alkyl halides is 6. The topological polar surface area (TPSA) is 18.5 Å². The number of hydrogen-bond acceptors (Lipinski definition) is 2. The predicted molar refractivity (Wildman–Crippen MR) is 49.5 cm³/mol. The number of hydrogen-bond donors (Lipinski definition) is 0. The van der Waals surface area contributed by atoms with Crippen LogP contribution in [0.5, 0.6) is 11.5 Å². The molecule has 0 amide bonds. The second-order valence-electron chi connectivity index (χ2n) is 3.24. The van der Waals surface area contributed by atoms with E-state index in [4.69, 9.17) is 4.74 Å². The first-order valence-corrected chi connectivity index (χ1v) is 4.58. The highest BCUT2D eigenvalue weighted by Gasteiger charge is 2.59. The lowest BCUT2D eigenvalue weighted by molar-refractivity contribution is -0.304. The van der Waals surface area contributed by atoms with Crippen LogP contribution in [0, 0.1) is 0 Å². The van der Waals surface area contributed by atoms with Gasteiger partial charge in [-0.3, -0.25) is 0 Å². The van der Waals surface area contributed by atoms with Crippen LogP contribution in [-0.4, -0.2) is 25.6 Å². The molecule has 1 aromatic carbocycles. The van der Waals surface area contributed by atoms with Gasteiger partial charge in [-0.25, -0.2) is 4.39 Å². The van der Waals surface area contributed by atoms with Crippen LogP contribution >= 0.6 is 0 Å². The standard InChI is InChI=1S/C10H8F6O2/c1-17-6-2-4-7(5-3-6)18-10(15,16)8(11)9(12,13)14/h2-5,8H,1H3. The number of halogens is 6. The molecule has 1 aromatic rings. The van der Waals surface area contributed by atoms with E-state index >= 15 is 0 Å². The molecule has 0 aliphatic heterocycles. The van der Waals surface area contributed by atoms with Crippen molar-refractivity contribution in [2.45, 2.75) is 18.5 Å². The van der Waals surface area contributed by atoms with Gasteiger partial charge >= 0.3 is 12.3 Å². The summed E-state index contributed by atoms with van der Waals surface area (Å²) in [4.78, 5) is 0. The van der Waals surface area contributed by atoms with Gasteiger partial charge in [-0.05, 0) is 24.3 Å². The first-order valence-electron chi connectivity index (χ1n) is 4.58. The summed E-state index contributed by atoms with van der Waals surface area (Å²) >= 11 is 0. The molecule has 0 heterocycles. The fourth-order valence-corrected chi connectivity index (χ4v) is 1.04. The molecule has 0 saturated heterocycles. The van der Waals surface area contributed by atoms with Crippen LogP contribution in [0.25, 0.3) is 0 Å². The van der Waals surface area contributed by atoms with Crippen LogP contribution in [0.4, 0.5) is 26.3 Å². The van der Waals surface area contributed by atoms with Crippen molar-refractivity contribution in [2.75, 3.05) is 7.11 Å². The van der Waals surface area contributed by atoms with Crippen molar-refractivity contribution in [1.82, 2.24) is 0 Å². The largest absolute Gasteiger partial charge is 0.497 e. The molecule has 102 valence electrons. The minimum absolute atomic E-state index is 0.290. The van der Waals surface area contributed by atoms with E-state index < -0.39 is 24.2 Å². The van der Waals surface area contributed by atoms with E-state index in [0.717, 1.165) is 12.1 Å². The summed E-state index contributed by atoms with van der Waals surface area (Å²) in [6.45, 7) is 0. The molecule has 0 fully saturated rings. The van der Waals surface area contributed by atoms with Crippen LogP contribution in [-0.2, 0) is 0 Å². The maximum absolute atomic E-state index is 12.8. The summed E-state index contributed by atoms with van der Waals surface area (Å²) in [6.07, 6.45) is -15.1. The minimum Gasteiger partial charge on any atom is -0.497 e. The monoisotopic (exact) mass is 274 g/mol. The Morgan fingerprint density at radius 3 is 1.78 bits per heavy atom. The van der Waals surface area contributed by atoms with Crippen molar-refractivity contribution in [3.8, 4) is 11.5 Å². The van der Waals surface area contributed by atoms with Gasteiger partial charge in [0, 0.05) is 0 Å². The average Bonchev–Trinajstić information content (AvgIpc) is 2.27. The highest BCUT2D eigenvalue weighted by molar-refractivity contribution is 5.31. The maximum atomic E-state index is 12.8. The molecule has 1 atom stereocenters. The maximum Gasteiger partial charge on any atom is 0.439 e. The molecule has 0 aromatic heterocycles. The molecule has 0 aliphatic rings. The summed E-state index contributed by atoms with van der Waals surface area (Å²) in [6, 6.07) is 4.25. The molecular weight excluding hydrogens is 266 g/mol. The SMILES string of the molecule is COc1ccc(OC(F)(F)C(F)C(F)(F)F)cc1. The lowest BCUT2D eigenvalue weighted by atomic mass is 10.3. The highest BCUT2D eigenvalue weighted by atomic mass is 19.4. The van der Waals surface area contributed by atoms with Gasteiger partial charge in [0.05, 0.1) is 7.11 Å². The number of ether oxygens (including phenoxy) is 2. The third-order valence-electron chi connectivity index (χ3n) is 1.90. The van der Waals surface area contributed by atoms with Crippen LogP contribution < -0.4 is 9.47 Å². The Balaban J connectivity index is 2.81. The van der Waals surface area contributed by atoms with Crippen molar-refractivity contribution >= 4 is 0 Å². The Morgan fingerprint density at radius 1 is 0.944 bits per heavy atom.